The largest absolute Gasteiger partial charge is 0.334 e. The van der Waals surface area contributed by atoms with Crippen molar-refractivity contribution in [2.75, 3.05) is 11.9 Å². The van der Waals surface area contributed by atoms with Crippen LogP contribution in [-0.4, -0.2) is 23.3 Å². The first-order chi connectivity index (χ1) is 13.9. The predicted octanol–water partition coefficient (Wildman–Crippen LogP) is 6.22. The minimum absolute atomic E-state index is 0.125. The summed E-state index contributed by atoms with van der Waals surface area (Å²) in [6, 6.07) is 12.8. The quantitative estimate of drug-likeness (QED) is 0.441. The first-order valence-corrected chi connectivity index (χ1v) is 10.8. The van der Waals surface area contributed by atoms with Gasteiger partial charge in [0.2, 0.25) is 0 Å². The van der Waals surface area contributed by atoms with Crippen LogP contribution in [0.15, 0.2) is 58.4 Å². The molecule has 150 valence electrons. The summed E-state index contributed by atoms with van der Waals surface area (Å²) in [5, 5.41) is 4.86. The number of carbonyl (C=O) groups is 2. The lowest BCUT2D eigenvalue weighted by Crippen LogP contribution is -2.30. The molecule has 0 saturated heterocycles. The predicted molar refractivity (Wildman–Crippen MR) is 118 cm³/mol. The lowest BCUT2D eigenvalue weighted by Gasteiger charge is -2.22. The fourth-order valence-corrected chi connectivity index (χ4v) is 3.92. The first kappa shape index (κ1) is 21.5. The van der Waals surface area contributed by atoms with E-state index < -0.39 is 0 Å². The third kappa shape index (κ3) is 5.23. The van der Waals surface area contributed by atoms with Gasteiger partial charge in [-0.15, -0.1) is 11.3 Å². The van der Waals surface area contributed by atoms with Crippen LogP contribution in [0.4, 0.5) is 10.1 Å². The highest BCUT2D eigenvalue weighted by atomic mass is 79.9. The monoisotopic (exact) mass is 494 g/mol. The van der Waals surface area contributed by atoms with Crippen LogP contribution in [-0.2, 0) is 6.54 Å². The van der Waals surface area contributed by atoms with Crippen molar-refractivity contribution >= 4 is 56.4 Å². The number of benzene rings is 2. The van der Waals surface area contributed by atoms with E-state index in [-0.39, 0.29) is 24.2 Å². The number of hydrogen-bond donors (Lipinski definition) is 1. The van der Waals surface area contributed by atoms with Crippen molar-refractivity contribution < 1.29 is 14.0 Å². The molecule has 4 nitrogen and oxygen atoms in total. The molecule has 3 aromatic rings. The Balaban J connectivity index is 1.82. The molecular formula is C21H17BrClFN2O2S. The maximum atomic E-state index is 14.1. The van der Waals surface area contributed by atoms with Gasteiger partial charge in [0, 0.05) is 28.7 Å². The third-order valence-electron chi connectivity index (χ3n) is 4.24. The standard InChI is InChI=1S/C21H17BrClFN2O2S/c1-2-26(12-14-10-15(22)6-8-17(14)24)21(28)13-5-7-16(23)18(11-13)25-20(27)19-4-3-9-29-19/h3-11H,2,12H2,1H3,(H,25,27). The summed E-state index contributed by atoms with van der Waals surface area (Å²) in [4.78, 5) is 27.4. The summed E-state index contributed by atoms with van der Waals surface area (Å²) in [6.45, 7) is 2.34. The van der Waals surface area contributed by atoms with E-state index in [1.807, 2.05) is 6.92 Å². The number of amides is 2. The zero-order chi connectivity index (χ0) is 21.0. The van der Waals surface area contributed by atoms with Crippen molar-refractivity contribution in [3.63, 3.8) is 0 Å². The zero-order valence-electron chi connectivity index (χ0n) is 15.4. The Labute approximate surface area is 185 Å². The van der Waals surface area contributed by atoms with Crippen LogP contribution in [0.25, 0.3) is 0 Å². The van der Waals surface area contributed by atoms with E-state index in [0.29, 0.717) is 33.3 Å². The number of halogens is 3. The fraction of sp³-hybridized carbons (Fsp3) is 0.143. The zero-order valence-corrected chi connectivity index (χ0v) is 18.6. The van der Waals surface area contributed by atoms with E-state index in [1.165, 1.54) is 28.4 Å². The van der Waals surface area contributed by atoms with Gasteiger partial charge in [-0.3, -0.25) is 9.59 Å². The Hall–Kier alpha value is -2.22. The Morgan fingerprint density at radius 3 is 2.69 bits per heavy atom. The summed E-state index contributed by atoms with van der Waals surface area (Å²) < 4.78 is 14.8. The summed E-state index contributed by atoms with van der Waals surface area (Å²) in [7, 11) is 0. The van der Waals surface area contributed by atoms with Gasteiger partial charge in [-0.2, -0.15) is 0 Å². The van der Waals surface area contributed by atoms with Crippen LogP contribution in [0.5, 0.6) is 0 Å². The minimum atomic E-state index is -0.376. The van der Waals surface area contributed by atoms with Crippen molar-refractivity contribution in [3.05, 3.63) is 85.2 Å². The number of hydrogen-bond acceptors (Lipinski definition) is 3. The molecule has 1 N–H and O–H groups in total. The number of nitrogens with one attached hydrogen (secondary N) is 1. The average Bonchev–Trinajstić information content (AvgIpc) is 3.25. The van der Waals surface area contributed by atoms with E-state index in [2.05, 4.69) is 21.2 Å². The van der Waals surface area contributed by atoms with Gasteiger partial charge in [0.15, 0.2) is 0 Å². The van der Waals surface area contributed by atoms with Crippen LogP contribution in [0.1, 0.15) is 32.5 Å². The summed E-state index contributed by atoms with van der Waals surface area (Å²) in [6.07, 6.45) is 0. The Kier molecular flexibility index (Phi) is 7.05. The van der Waals surface area contributed by atoms with Crippen LogP contribution in [0, 0.1) is 5.82 Å². The molecule has 0 atom stereocenters. The SMILES string of the molecule is CCN(Cc1cc(Br)ccc1F)C(=O)c1ccc(Cl)c(NC(=O)c2cccs2)c1. The molecule has 29 heavy (non-hydrogen) atoms. The van der Waals surface area contributed by atoms with E-state index >= 15 is 0 Å². The molecule has 8 heteroatoms. The van der Waals surface area contributed by atoms with Crippen LogP contribution in [0.3, 0.4) is 0 Å². The Bertz CT molecular complexity index is 1040. The van der Waals surface area contributed by atoms with Crippen molar-refractivity contribution in [2.45, 2.75) is 13.5 Å². The maximum Gasteiger partial charge on any atom is 0.265 e. The smallest absolute Gasteiger partial charge is 0.265 e. The van der Waals surface area contributed by atoms with Crippen LogP contribution < -0.4 is 5.32 Å². The highest BCUT2D eigenvalue weighted by Gasteiger charge is 2.19. The van der Waals surface area contributed by atoms with Gasteiger partial charge < -0.3 is 10.2 Å². The van der Waals surface area contributed by atoms with Gasteiger partial charge in [-0.05, 0) is 54.8 Å². The second-order valence-corrected chi connectivity index (χ2v) is 8.45. The van der Waals surface area contributed by atoms with E-state index in [9.17, 15) is 14.0 Å². The number of anilines is 1. The summed E-state index contributed by atoms with van der Waals surface area (Å²) in [5.41, 5.74) is 1.11. The summed E-state index contributed by atoms with van der Waals surface area (Å²) in [5.74, 6) is -0.954. The van der Waals surface area contributed by atoms with E-state index in [4.69, 9.17) is 11.6 Å². The molecule has 0 saturated carbocycles. The van der Waals surface area contributed by atoms with E-state index in [0.717, 1.165) is 4.47 Å². The minimum Gasteiger partial charge on any atom is -0.334 e. The van der Waals surface area contributed by atoms with Crippen molar-refractivity contribution in [1.82, 2.24) is 4.90 Å². The highest BCUT2D eigenvalue weighted by molar-refractivity contribution is 9.10. The van der Waals surface area contributed by atoms with Gasteiger partial charge in [-0.1, -0.05) is 33.6 Å². The number of rotatable bonds is 6. The lowest BCUT2D eigenvalue weighted by atomic mass is 10.1. The molecule has 0 aliphatic heterocycles. The first-order valence-electron chi connectivity index (χ1n) is 8.76. The average molecular weight is 496 g/mol. The molecule has 2 aromatic carbocycles. The Morgan fingerprint density at radius 2 is 2.00 bits per heavy atom. The van der Waals surface area contributed by atoms with Crippen LogP contribution in [0.2, 0.25) is 5.02 Å². The molecule has 1 aromatic heterocycles. The molecule has 0 unspecified atom stereocenters. The van der Waals surface area contributed by atoms with Gasteiger partial charge >= 0.3 is 0 Å². The van der Waals surface area contributed by atoms with Gasteiger partial charge in [0.1, 0.15) is 5.82 Å². The third-order valence-corrected chi connectivity index (χ3v) is 5.94. The molecule has 0 radical (unpaired) electrons. The van der Waals surface area contributed by atoms with E-state index in [1.54, 1.807) is 41.8 Å². The highest BCUT2D eigenvalue weighted by Crippen LogP contribution is 2.26. The van der Waals surface area contributed by atoms with Crippen molar-refractivity contribution in [3.8, 4) is 0 Å². The maximum absolute atomic E-state index is 14.1. The molecule has 0 bridgehead atoms. The molecular weight excluding hydrogens is 479 g/mol. The molecule has 2 amide bonds. The van der Waals surface area contributed by atoms with Crippen molar-refractivity contribution in [2.24, 2.45) is 0 Å². The topological polar surface area (TPSA) is 49.4 Å². The molecule has 0 spiro atoms. The normalized spacial score (nSPS) is 10.6. The molecule has 0 fully saturated rings. The van der Waals surface area contributed by atoms with Crippen molar-refractivity contribution in [1.29, 1.82) is 0 Å². The fourth-order valence-electron chi connectivity index (χ4n) is 2.73. The second-order valence-electron chi connectivity index (χ2n) is 6.18. The summed E-state index contributed by atoms with van der Waals surface area (Å²) >= 11 is 10.8. The number of carbonyl (C=O) groups excluding carboxylic acids is 2. The molecule has 3 rings (SSSR count). The van der Waals surface area contributed by atoms with Gasteiger partial charge in [0.05, 0.1) is 15.6 Å². The van der Waals surface area contributed by atoms with Crippen LogP contribution >= 0.6 is 38.9 Å². The van der Waals surface area contributed by atoms with Gasteiger partial charge in [0.25, 0.3) is 11.8 Å². The molecule has 0 aliphatic rings. The molecule has 0 aliphatic carbocycles. The van der Waals surface area contributed by atoms with Gasteiger partial charge in [-0.25, -0.2) is 4.39 Å². The lowest BCUT2D eigenvalue weighted by molar-refractivity contribution is 0.0751. The molecule has 1 heterocycles. The number of thiophene rings is 1. The Morgan fingerprint density at radius 1 is 1.21 bits per heavy atom. The number of nitrogens with zero attached hydrogens (tertiary/aromatic N) is 1. The second kappa shape index (κ2) is 9.52.